The molecular weight excluding hydrogens is 390 g/mol. The number of hydrogen-bond donors (Lipinski definition) is 2. The predicted molar refractivity (Wildman–Crippen MR) is 125 cm³/mol. The van der Waals surface area contributed by atoms with E-state index in [-0.39, 0.29) is 24.5 Å². The van der Waals surface area contributed by atoms with Gasteiger partial charge >= 0.3 is 0 Å². The van der Waals surface area contributed by atoms with Crippen LogP contribution in [0.3, 0.4) is 0 Å². The lowest BCUT2D eigenvalue weighted by Crippen LogP contribution is -2.37. The first-order valence-electron chi connectivity index (χ1n) is 11.1. The summed E-state index contributed by atoms with van der Waals surface area (Å²) in [6, 6.07) is 14.7. The summed E-state index contributed by atoms with van der Waals surface area (Å²) in [6.45, 7) is 8.13. The SMILES string of the molecule is CCC(C)Oc1ccc(NCC(=O)Nc2ccc(C(=O)N3CCC(C)CC3)cc2)cc1. The molecule has 6 nitrogen and oxygen atoms in total. The fraction of sp³-hybridized carbons (Fsp3) is 0.440. The number of carbonyl (C=O) groups excluding carboxylic acids is 2. The molecular formula is C25H33N3O3. The van der Waals surface area contributed by atoms with Crippen LogP contribution in [-0.4, -0.2) is 42.5 Å². The number of piperidine rings is 1. The number of carbonyl (C=O) groups is 2. The maximum atomic E-state index is 12.6. The summed E-state index contributed by atoms with van der Waals surface area (Å²) in [6.07, 6.45) is 3.24. The summed E-state index contributed by atoms with van der Waals surface area (Å²) in [4.78, 5) is 26.8. The van der Waals surface area contributed by atoms with Gasteiger partial charge in [-0.3, -0.25) is 9.59 Å². The van der Waals surface area contributed by atoms with E-state index in [0.717, 1.165) is 43.8 Å². The average molecular weight is 424 g/mol. The number of anilines is 2. The zero-order valence-corrected chi connectivity index (χ0v) is 18.7. The second-order valence-electron chi connectivity index (χ2n) is 8.31. The number of nitrogens with zero attached hydrogens (tertiary/aromatic N) is 1. The van der Waals surface area contributed by atoms with Crippen LogP contribution in [0.5, 0.6) is 5.75 Å². The highest BCUT2D eigenvalue weighted by atomic mass is 16.5. The van der Waals surface area contributed by atoms with Gasteiger partial charge in [0.05, 0.1) is 12.6 Å². The number of nitrogens with one attached hydrogen (secondary N) is 2. The van der Waals surface area contributed by atoms with Crippen LogP contribution in [0.4, 0.5) is 11.4 Å². The van der Waals surface area contributed by atoms with Crippen molar-refractivity contribution in [2.24, 2.45) is 5.92 Å². The molecule has 6 heteroatoms. The second-order valence-corrected chi connectivity index (χ2v) is 8.31. The smallest absolute Gasteiger partial charge is 0.253 e. The van der Waals surface area contributed by atoms with Gasteiger partial charge in [0.25, 0.3) is 5.91 Å². The summed E-state index contributed by atoms with van der Waals surface area (Å²) in [5.41, 5.74) is 2.18. The van der Waals surface area contributed by atoms with Crippen molar-refractivity contribution in [3.05, 3.63) is 54.1 Å². The minimum Gasteiger partial charge on any atom is -0.491 e. The van der Waals surface area contributed by atoms with Gasteiger partial charge in [0.1, 0.15) is 5.75 Å². The van der Waals surface area contributed by atoms with Crippen molar-refractivity contribution in [3.63, 3.8) is 0 Å². The van der Waals surface area contributed by atoms with Crippen molar-refractivity contribution < 1.29 is 14.3 Å². The van der Waals surface area contributed by atoms with E-state index >= 15 is 0 Å². The van der Waals surface area contributed by atoms with Gasteiger partial charge < -0.3 is 20.3 Å². The minimum absolute atomic E-state index is 0.0622. The number of rotatable bonds is 8. The van der Waals surface area contributed by atoms with Crippen LogP contribution >= 0.6 is 0 Å². The second kappa shape index (κ2) is 10.8. The number of benzene rings is 2. The van der Waals surface area contributed by atoms with Crippen LogP contribution in [-0.2, 0) is 4.79 Å². The van der Waals surface area contributed by atoms with E-state index in [1.54, 1.807) is 24.3 Å². The van der Waals surface area contributed by atoms with Gasteiger partial charge in [-0.25, -0.2) is 0 Å². The highest BCUT2D eigenvalue weighted by molar-refractivity contribution is 5.96. The highest BCUT2D eigenvalue weighted by Crippen LogP contribution is 2.20. The lowest BCUT2D eigenvalue weighted by molar-refractivity contribution is -0.114. The normalized spacial score (nSPS) is 15.3. The highest BCUT2D eigenvalue weighted by Gasteiger charge is 2.21. The Morgan fingerprint density at radius 2 is 1.65 bits per heavy atom. The Balaban J connectivity index is 1.45. The van der Waals surface area contributed by atoms with Crippen molar-refractivity contribution in [2.75, 3.05) is 30.3 Å². The zero-order valence-electron chi connectivity index (χ0n) is 18.7. The third kappa shape index (κ3) is 6.74. The molecule has 0 aromatic heterocycles. The molecule has 1 unspecified atom stereocenters. The molecule has 1 saturated heterocycles. The largest absolute Gasteiger partial charge is 0.491 e. The predicted octanol–water partition coefficient (Wildman–Crippen LogP) is 4.79. The Bertz CT molecular complexity index is 857. The number of likely N-dealkylation sites (tertiary alicyclic amines) is 1. The molecule has 0 bridgehead atoms. The van der Waals surface area contributed by atoms with E-state index in [0.29, 0.717) is 17.2 Å². The number of ether oxygens (including phenoxy) is 1. The summed E-state index contributed by atoms with van der Waals surface area (Å²) in [5, 5.41) is 5.96. The summed E-state index contributed by atoms with van der Waals surface area (Å²) >= 11 is 0. The molecule has 3 rings (SSSR count). The first-order valence-corrected chi connectivity index (χ1v) is 11.1. The molecule has 1 atom stereocenters. The lowest BCUT2D eigenvalue weighted by atomic mass is 9.98. The molecule has 0 saturated carbocycles. The van der Waals surface area contributed by atoms with Crippen LogP contribution in [0, 0.1) is 5.92 Å². The van der Waals surface area contributed by atoms with Gasteiger partial charge in [0.2, 0.25) is 5.91 Å². The molecule has 0 aliphatic carbocycles. The molecule has 1 aliphatic heterocycles. The summed E-state index contributed by atoms with van der Waals surface area (Å²) in [7, 11) is 0. The van der Waals surface area contributed by atoms with E-state index in [4.69, 9.17) is 4.74 Å². The van der Waals surface area contributed by atoms with Crippen LogP contribution in [0.15, 0.2) is 48.5 Å². The number of hydrogen-bond acceptors (Lipinski definition) is 4. The van der Waals surface area contributed by atoms with Crippen LogP contribution in [0.1, 0.15) is 50.4 Å². The van der Waals surface area contributed by atoms with E-state index in [9.17, 15) is 9.59 Å². The molecule has 166 valence electrons. The molecule has 2 aromatic rings. The Hall–Kier alpha value is -3.02. The van der Waals surface area contributed by atoms with Crippen molar-refractivity contribution in [1.29, 1.82) is 0 Å². The molecule has 0 radical (unpaired) electrons. The molecule has 1 heterocycles. The quantitative estimate of drug-likeness (QED) is 0.641. The van der Waals surface area contributed by atoms with Crippen molar-refractivity contribution >= 4 is 23.2 Å². The Morgan fingerprint density at radius 3 is 2.26 bits per heavy atom. The average Bonchev–Trinajstić information content (AvgIpc) is 2.79. The topological polar surface area (TPSA) is 70.7 Å². The van der Waals surface area contributed by atoms with Crippen molar-refractivity contribution in [3.8, 4) is 5.75 Å². The van der Waals surface area contributed by atoms with Gasteiger partial charge in [0.15, 0.2) is 0 Å². The molecule has 2 amide bonds. The fourth-order valence-electron chi connectivity index (χ4n) is 3.44. The molecule has 2 aromatic carbocycles. The first kappa shape index (κ1) is 22.7. The van der Waals surface area contributed by atoms with E-state index in [1.165, 1.54) is 0 Å². The zero-order chi connectivity index (χ0) is 22.2. The van der Waals surface area contributed by atoms with Gasteiger partial charge in [-0.2, -0.15) is 0 Å². The van der Waals surface area contributed by atoms with Gasteiger partial charge in [-0.15, -0.1) is 0 Å². The van der Waals surface area contributed by atoms with Crippen molar-refractivity contribution in [2.45, 2.75) is 46.1 Å². The Morgan fingerprint density at radius 1 is 1.03 bits per heavy atom. The standard InChI is InChI=1S/C25H33N3O3/c1-4-19(3)31-23-11-9-21(10-12-23)26-17-24(29)27-22-7-5-20(6-8-22)25(30)28-15-13-18(2)14-16-28/h5-12,18-19,26H,4,13-17H2,1-3H3,(H,27,29). The number of amides is 2. The molecule has 2 N–H and O–H groups in total. The van der Waals surface area contributed by atoms with E-state index < -0.39 is 0 Å². The minimum atomic E-state index is -0.149. The molecule has 1 aliphatic rings. The molecule has 0 spiro atoms. The third-order valence-electron chi connectivity index (χ3n) is 5.71. The monoisotopic (exact) mass is 423 g/mol. The van der Waals surface area contributed by atoms with Crippen LogP contribution in [0.25, 0.3) is 0 Å². The van der Waals surface area contributed by atoms with Crippen LogP contribution < -0.4 is 15.4 Å². The Kier molecular flexibility index (Phi) is 7.93. The first-order chi connectivity index (χ1) is 14.9. The van der Waals surface area contributed by atoms with E-state index in [2.05, 4.69) is 24.5 Å². The maximum Gasteiger partial charge on any atom is 0.253 e. The van der Waals surface area contributed by atoms with Gasteiger partial charge in [-0.05, 0) is 80.6 Å². The lowest BCUT2D eigenvalue weighted by Gasteiger charge is -2.30. The summed E-state index contributed by atoms with van der Waals surface area (Å²) in [5.74, 6) is 1.42. The summed E-state index contributed by atoms with van der Waals surface area (Å²) < 4.78 is 5.76. The van der Waals surface area contributed by atoms with Crippen LogP contribution in [0.2, 0.25) is 0 Å². The van der Waals surface area contributed by atoms with Crippen molar-refractivity contribution in [1.82, 2.24) is 4.90 Å². The van der Waals surface area contributed by atoms with Gasteiger partial charge in [0, 0.05) is 30.0 Å². The Labute approximate surface area is 185 Å². The van der Waals surface area contributed by atoms with E-state index in [1.807, 2.05) is 36.1 Å². The van der Waals surface area contributed by atoms with Gasteiger partial charge in [-0.1, -0.05) is 13.8 Å². The molecule has 31 heavy (non-hydrogen) atoms. The molecule has 1 fully saturated rings. The maximum absolute atomic E-state index is 12.6. The third-order valence-corrected chi connectivity index (χ3v) is 5.71. The fourth-order valence-corrected chi connectivity index (χ4v) is 3.44.